The van der Waals surface area contributed by atoms with Crippen LogP contribution >= 0.6 is 11.6 Å². The Bertz CT molecular complexity index is 945. The molecular formula is C15H13ClN4O2. The first-order valence-corrected chi connectivity index (χ1v) is 7.14. The van der Waals surface area contributed by atoms with E-state index in [1.54, 1.807) is 12.1 Å². The average molecular weight is 317 g/mol. The lowest BCUT2D eigenvalue weighted by molar-refractivity contribution is 0.625. The highest BCUT2D eigenvalue weighted by Crippen LogP contribution is 2.28. The summed E-state index contributed by atoms with van der Waals surface area (Å²) in [5, 5.41) is 4.99. The van der Waals surface area contributed by atoms with E-state index < -0.39 is 11.2 Å². The molecule has 6 nitrogen and oxygen atoms in total. The lowest BCUT2D eigenvalue weighted by Gasteiger charge is -2.14. The van der Waals surface area contributed by atoms with Gasteiger partial charge < -0.3 is 0 Å². The molecule has 0 spiro atoms. The number of hydrogen-bond acceptors (Lipinski definition) is 4. The third-order valence-electron chi connectivity index (χ3n) is 3.47. The van der Waals surface area contributed by atoms with Crippen molar-refractivity contribution in [3.63, 3.8) is 0 Å². The molecule has 1 aromatic carbocycles. The lowest BCUT2D eigenvalue weighted by atomic mass is 10.1. The molecule has 22 heavy (non-hydrogen) atoms. The highest BCUT2D eigenvalue weighted by molar-refractivity contribution is 6.33. The molecule has 0 unspecified atom stereocenters. The fourth-order valence-corrected chi connectivity index (χ4v) is 2.51. The van der Waals surface area contributed by atoms with Crippen molar-refractivity contribution in [1.82, 2.24) is 19.3 Å². The van der Waals surface area contributed by atoms with E-state index in [1.165, 1.54) is 11.7 Å². The van der Waals surface area contributed by atoms with Gasteiger partial charge in [-0.05, 0) is 19.1 Å². The fourth-order valence-electron chi connectivity index (χ4n) is 2.28. The molecule has 0 fully saturated rings. The summed E-state index contributed by atoms with van der Waals surface area (Å²) in [5.41, 5.74) is 0.646. The van der Waals surface area contributed by atoms with Crippen molar-refractivity contribution in [1.29, 1.82) is 0 Å². The standard InChI is InChI=1S/C15H13ClN4O2/c1-3-20-13-10(14(21)19(2)15(22)17-13)8-12(18-20)9-6-4-5-7-11(9)16/h4-8H,3H2,1-2H3. The van der Waals surface area contributed by atoms with Crippen molar-refractivity contribution in [3.05, 3.63) is 56.2 Å². The smallest absolute Gasteiger partial charge is 0.268 e. The molecule has 0 saturated heterocycles. The summed E-state index contributed by atoms with van der Waals surface area (Å²) in [5.74, 6) is 0.284. The van der Waals surface area contributed by atoms with E-state index >= 15 is 0 Å². The van der Waals surface area contributed by atoms with Gasteiger partial charge in [-0.1, -0.05) is 29.8 Å². The molecule has 0 bridgehead atoms. The summed E-state index contributed by atoms with van der Waals surface area (Å²) in [4.78, 5) is 28.0. The Kier molecular flexibility index (Phi) is 3.54. The van der Waals surface area contributed by atoms with Gasteiger partial charge in [0.2, 0.25) is 0 Å². The van der Waals surface area contributed by atoms with Crippen molar-refractivity contribution in [2.45, 2.75) is 13.5 Å². The molecule has 0 saturated carbocycles. The molecule has 112 valence electrons. The first-order chi connectivity index (χ1) is 10.5. The lowest BCUT2D eigenvalue weighted by Crippen LogP contribution is -2.36. The summed E-state index contributed by atoms with van der Waals surface area (Å²) in [7, 11) is 1.41. The molecule has 0 aromatic heterocycles. The topological polar surface area (TPSA) is 69.8 Å². The van der Waals surface area contributed by atoms with Gasteiger partial charge in [0.1, 0.15) is 0 Å². The minimum atomic E-state index is -0.591. The van der Waals surface area contributed by atoms with E-state index in [0.29, 0.717) is 22.8 Å². The molecule has 0 amide bonds. The van der Waals surface area contributed by atoms with Crippen LogP contribution in [-0.2, 0) is 13.6 Å². The zero-order chi connectivity index (χ0) is 15.9. The van der Waals surface area contributed by atoms with Gasteiger partial charge in [-0.25, -0.2) is 9.48 Å². The maximum Gasteiger partial charge on any atom is 0.352 e. The molecular weight excluding hydrogens is 304 g/mol. The third kappa shape index (κ3) is 2.21. The quantitative estimate of drug-likeness (QED) is 0.722. The molecule has 2 heterocycles. The van der Waals surface area contributed by atoms with Crippen molar-refractivity contribution in [2.24, 2.45) is 7.05 Å². The third-order valence-corrected chi connectivity index (χ3v) is 3.80. The van der Waals surface area contributed by atoms with Crippen molar-refractivity contribution < 1.29 is 0 Å². The second-order valence-corrected chi connectivity index (χ2v) is 5.23. The van der Waals surface area contributed by atoms with Gasteiger partial charge in [0, 0.05) is 19.2 Å². The normalized spacial score (nSPS) is 11.0. The van der Waals surface area contributed by atoms with Gasteiger partial charge in [0.25, 0.3) is 5.56 Å². The Morgan fingerprint density at radius 3 is 2.59 bits per heavy atom. The molecule has 1 aromatic rings. The highest BCUT2D eigenvalue weighted by Gasteiger charge is 2.19. The van der Waals surface area contributed by atoms with Gasteiger partial charge in [0.05, 0.1) is 16.3 Å². The first-order valence-electron chi connectivity index (χ1n) is 6.76. The van der Waals surface area contributed by atoms with Gasteiger partial charge in [-0.15, -0.1) is 0 Å². The van der Waals surface area contributed by atoms with Crippen LogP contribution in [0.3, 0.4) is 0 Å². The van der Waals surface area contributed by atoms with Crippen LogP contribution in [0.5, 0.6) is 0 Å². The van der Waals surface area contributed by atoms with Crippen LogP contribution in [-0.4, -0.2) is 19.3 Å². The average Bonchev–Trinajstić information content (AvgIpc) is 2.52. The fraction of sp³-hybridized carbons (Fsp3) is 0.200. The van der Waals surface area contributed by atoms with Gasteiger partial charge >= 0.3 is 5.69 Å². The van der Waals surface area contributed by atoms with E-state index in [2.05, 4.69) is 10.1 Å². The number of nitrogens with zero attached hydrogens (tertiary/aromatic N) is 4. The molecule has 7 heteroatoms. The van der Waals surface area contributed by atoms with Crippen LogP contribution in [0.1, 0.15) is 6.92 Å². The summed E-state index contributed by atoms with van der Waals surface area (Å²) in [6, 6.07) is 8.88. The highest BCUT2D eigenvalue weighted by atomic mass is 35.5. The molecule has 0 radical (unpaired) electrons. The molecule has 3 rings (SSSR count). The Balaban J connectivity index is 2.41. The van der Waals surface area contributed by atoms with Crippen LogP contribution in [0, 0.1) is 0 Å². The van der Waals surface area contributed by atoms with Crippen LogP contribution in [0.2, 0.25) is 5.02 Å². The maximum atomic E-state index is 12.3. The second-order valence-electron chi connectivity index (χ2n) is 4.82. The summed E-state index contributed by atoms with van der Waals surface area (Å²) in [6.45, 7) is 2.35. The zero-order valence-electron chi connectivity index (χ0n) is 12.1. The van der Waals surface area contributed by atoms with Crippen molar-refractivity contribution in [3.8, 4) is 22.6 Å². The number of aromatic nitrogens is 4. The van der Waals surface area contributed by atoms with E-state index in [9.17, 15) is 9.59 Å². The van der Waals surface area contributed by atoms with Crippen molar-refractivity contribution >= 4 is 11.6 Å². The van der Waals surface area contributed by atoms with Crippen molar-refractivity contribution in [2.75, 3.05) is 0 Å². The number of halogens is 1. The summed E-state index contributed by atoms with van der Waals surface area (Å²) >= 11 is 6.20. The predicted molar refractivity (Wildman–Crippen MR) is 84.3 cm³/mol. The number of aryl methyl sites for hydroxylation is 1. The zero-order valence-corrected chi connectivity index (χ0v) is 12.8. The summed E-state index contributed by atoms with van der Waals surface area (Å²) in [6.07, 6.45) is 0. The monoisotopic (exact) mass is 316 g/mol. The number of hydrogen-bond donors (Lipinski definition) is 0. The van der Waals surface area contributed by atoms with Gasteiger partial charge in [-0.3, -0.25) is 9.36 Å². The first kappa shape index (κ1) is 14.5. The van der Waals surface area contributed by atoms with E-state index in [0.717, 1.165) is 10.1 Å². The number of rotatable bonds is 2. The van der Waals surface area contributed by atoms with Gasteiger partial charge in [-0.2, -0.15) is 10.1 Å². The Morgan fingerprint density at radius 1 is 1.18 bits per heavy atom. The summed E-state index contributed by atoms with van der Waals surface area (Å²) < 4.78 is 2.52. The SMILES string of the molecule is CCn1nc(-c2ccccc2Cl)cc2c(=O)n(C)c(=O)nc1-2. The Labute approximate surface area is 131 Å². The van der Waals surface area contributed by atoms with E-state index in [-0.39, 0.29) is 5.82 Å². The Hall–Kier alpha value is -2.47. The number of fused-ring (bicyclic) bond motifs is 1. The predicted octanol–water partition coefficient (Wildman–Crippen LogP) is 1.78. The number of benzene rings is 1. The van der Waals surface area contributed by atoms with Gasteiger partial charge in [0.15, 0.2) is 5.82 Å². The Morgan fingerprint density at radius 2 is 1.91 bits per heavy atom. The minimum absolute atomic E-state index is 0.284. The maximum absolute atomic E-state index is 12.3. The molecule has 0 aliphatic carbocycles. The van der Waals surface area contributed by atoms with Crippen LogP contribution in [0.15, 0.2) is 39.9 Å². The molecule has 0 N–H and O–H groups in total. The molecule has 2 aliphatic rings. The second kappa shape index (κ2) is 5.38. The van der Waals surface area contributed by atoms with Crippen LogP contribution in [0.25, 0.3) is 22.6 Å². The van der Waals surface area contributed by atoms with E-state index in [4.69, 9.17) is 11.6 Å². The minimum Gasteiger partial charge on any atom is -0.268 e. The van der Waals surface area contributed by atoms with E-state index in [1.807, 2.05) is 25.1 Å². The largest absolute Gasteiger partial charge is 0.352 e. The van der Waals surface area contributed by atoms with Crippen LogP contribution < -0.4 is 11.2 Å². The molecule has 2 aliphatic heterocycles. The molecule has 0 atom stereocenters. The van der Waals surface area contributed by atoms with Crippen LogP contribution in [0.4, 0.5) is 0 Å².